The van der Waals surface area contributed by atoms with Crippen molar-refractivity contribution in [3.8, 4) is 11.1 Å². The second kappa shape index (κ2) is 9.30. The van der Waals surface area contributed by atoms with Gasteiger partial charge >= 0.3 is 12.1 Å². The van der Waals surface area contributed by atoms with E-state index < -0.39 is 17.7 Å². The molecule has 0 spiro atoms. The maximum atomic E-state index is 12.2. The maximum absolute atomic E-state index is 12.2. The summed E-state index contributed by atoms with van der Waals surface area (Å²) in [5, 5.41) is 6.11. The number of methoxy groups -OCH3 is 1. The Bertz CT molecular complexity index is 894. The van der Waals surface area contributed by atoms with Crippen LogP contribution in [0.4, 0.5) is 10.5 Å². The predicted molar refractivity (Wildman–Crippen MR) is 118 cm³/mol. The number of benzene rings is 2. The number of carbonyl (C=O) groups excluding carboxylic acids is 2. The lowest BCUT2D eigenvalue weighted by molar-refractivity contribution is 0.0596. The topological polar surface area (TPSA) is 76.7 Å². The highest BCUT2D eigenvalue weighted by molar-refractivity contribution is 5.95. The summed E-state index contributed by atoms with van der Waals surface area (Å²) in [6.07, 6.45) is 1.71. The van der Waals surface area contributed by atoms with Crippen LogP contribution in [-0.4, -0.2) is 37.9 Å². The minimum Gasteiger partial charge on any atom is -0.465 e. The highest BCUT2D eigenvalue weighted by Crippen LogP contribution is 2.30. The van der Waals surface area contributed by atoms with Crippen LogP contribution in [0.5, 0.6) is 0 Å². The Hall–Kier alpha value is -2.86. The van der Waals surface area contributed by atoms with Gasteiger partial charge in [0.15, 0.2) is 0 Å². The molecule has 0 atom stereocenters. The second-order valence-electron chi connectivity index (χ2n) is 8.56. The molecule has 2 N–H and O–H groups in total. The Balaban J connectivity index is 1.87. The molecule has 0 aliphatic carbocycles. The lowest BCUT2D eigenvalue weighted by Gasteiger charge is -2.23. The quantitative estimate of drug-likeness (QED) is 0.697. The molecular weight excluding hydrogens is 380 g/mol. The monoisotopic (exact) mass is 410 g/mol. The van der Waals surface area contributed by atoms with E-state index in [1.165, 1.54) is 12.7 Å². The molecule has 3 rings (SSSR count). The summed E-state index contributed by atoms with van der Waals surface area (Å²) in [4.78, 5) is 24.3. The molecule has 2 aromatic rings. The molecule has 1 aliphatic heterocycles. The summed E-state index contributed by atoms with van der Waals surface area (Å²) in [7, 11) is 1.34. The molecular formula is C24H30N2O4. The van der Waals surface area contributed by atoms with Crippen LogP contribution in [0.3, 0.4) is 0 Å². The van der Waals surface area contributed by atoms with E-state index in [4.69, 9.17) is 9.47 Å². The van der Waals surface area contributed by atoms with Crippen LogP contribution in [0.15, 0.2) is 42.5 Å². The Morgan fingerprint density at radius 3 is 2.27 bits per heavy atom. The van der Waals surface area contributed by atoms with Crippen LogP contribution >= 0.6 is 0 Å². The smallest absolute Gasteiger partial charge is 0.412 e. The third-order valence-electron chi connectivity index (χ3n) is 5.05. The van der Waals surface area contributed by atoms with Gasteiger partial charge in [-0.25, -0.2) is 9.59 Å². The summed E-state index contributed by atoms with van der Waals surface area (Å²) in [5.41, 5.74) is 3.34. The number of ether oxygens (including phenoxy) is 2. The van der Waals surface area contributed by atoms with Gasteiger partial charge in [-0.2, -0.15) is 0 Å². The van der Waals surface area contributed by atoms with Crippen LogP contribution in [0.25, 0.3) is 11.1 Å². The summed E-state index contributed by atoms with van der Waals surface area (Å²) in [6.45, 7) is 7.49. The standard InChI is InChI=1S/C24H30N2O4/c1-24(2,3)30-23(28)26-21-14-19(13-20(15-21)22(27)29-4)17-7-5-16(6-8-17)18-9-11-25-12-10-18/h5-8,13-15,18,25H,9-12H2,1-4H3,(H,26,28). The molecule has 0 saturated carbocycles. The summed E-state index contributed by atoms with van der Waals surface area (Å²) in [5.74, 6) is 0.113. The first-order valence-electron chi connectivity index (χ1n) is 10.3. The van der Waals surface area contributed by atoms with Crippen molar-refractivity contribution in [2.24, 2.45) is 0 Å². The van der Waals surface area contributed by atoms with E-state index in [1.807, 2.05) is 6.07 Å². The fourth-order valence-electron chi connectivity index (χ4n) is 3.63. The van der Waals surface area contributed by atoms with Gasteiger partial charge in [0, 0.05) is 5.69 Å². The van der Waals surface area contributed by atoms with E-state index in [9.17, 15) is 9.59 Å². The molecule has 1 saturated heterocycles. The van der Waals surface area contributed by atoms with Crippen molar-refractivity contribution in [1.29, 1.82) is 0 Å². The highest BCUT2D eigenvalue weighted by Gasteiger charge is 2.18. The number of hydrogen-bond donors (Lipinski definition) is 2. The van der Waals surface area contributed by atoms with Gasteiger partial charge in [-0.3, -0.25) is 5.32 Å². The average molecular weight is 411 g/mol. The Labute approximate surface area is 178 Å². The minimum absolute atomic E-state index is 0.364. The third kappa shape index (κ3) is 5.83. The Kier molecular flexibility index (Phi) is 6.77. The zero-order valence-corrected chi connectivity index (χ0v) is 18.1. The van der Waals surface area contributed by atoms with Gasteiger partial charge in [0.05, 0.1) is 12.7 Å². The molecule has 1 amide bonds. The maximum Gasteiger partial charge on any atom is 0.412 e. The molecule has 1 aliphatic rings. The molecule has 0 bridgehead atoms. The lowest BCUT2D eigenvalue weighted by Crippen LogP contribution is -2.27. The molecule has 2 aromatic carbocycles. The van der Waals surface area contributed by atoms with Crippen LogP contribution in [-0.2, 0) is 9.47 Å². The Morgan fingerprint density at radius 2 is 1.67 bits per heavy atom. The first-order valence-corrected chi connectivity index (χ1v) is 10.3. The zero-order valence-electron chi connectivity index (χ0n) is 18.1. The number of piperidine rings is 1. The molecule has 0 radical (unpaired) electrons. The van der Waals surface area contributed by atoms with Crippen molar-refractivity contribution in [3.05, 3.63) is 53.6 Å². The average Bonchev–Trinajstić information content (AvgIpc) is 2.72. The fourth-order valence-corrected chi connectivity index (χ4v) is 3.63. The highest BCUT2D eigenvalue weighted by atomic mass is 16.6. The van der Waals surface area contributed by atoms with Crippen LogP contribution < -0.4 is 10.6 Å². The first-order chi connectivity index (χ1) is 14.2. The van der Waals surface area contributed by atoms with Crippen molar-refractivity contribution in [1.82, 2.24) is 5.32 Å². The zero-order chi connectivity index (χ0) is 21.7. The van der Waals surface area contributed by atoms with E-state index in [1.54, 1.807) is 32.9 Å². The molecule has 160 valence electrons. The first kappa shape index (κ1) is 21.8. The fraction of sp³-hybridized carbons (Fsp3) is 0.417. The number of anilines is 1. The van der Waals surface area contributed by atoms with Gasteiger partial charge in [-0.1, -0.05) is 24.3 Å². The van der Waals surface area contributed by atoms with Crippen molar-refractivity contribution < 1.29 is 19.1 Å². The third-order valence-corrected chi connectivity index (χ3v) is 5.05. The normalized spacial score (nSPS) is 14.8. The van der Waals surface area contributed by atoms with Crippen molar-refractivity contribution in [2.75, 3.05) is 25.5 Å². The number of hydrogen-bond acceptors (Lipinski definition) is 5. The van der Waals surface area contributed by atoms with Crippen molar-refractivity contribution >= 4 is 17.7 Å². The van der Waals surface area contributed by atoms with Crippen LogP contribution in [0, 0.1) is 0 Å². The van der Waals surface area contributed by atoms with Gasteiger partial charge in [0.1, 0.15) is 5.60 Å². The van der Waals surface area contributed by atoms with Gasteiger partial charge in [0.2, 0.25) is 0 Å². The number of amides is 1. The summed E-state index contributed by atoms with van der Waals surface area (Å²) < 4.78 is 10.2. The van der Waals surface area contributed by atoms with Crippen LogP contribution in [0.1, 0.15) is 55.5 Å². The van der Waals surface area contributed by atoms with Crippen LogP contribution in [0.2, 0.25) is 0 Å². The van der Waals surface area contributed by atoms with Gasteiger partial charge in [0.25, 0.3) is 0 Å². The summed E-state index contributed by atoms with van der Waals surface area (Å²) in [6, 6.07) is 13.6. The SMILES string of the molecule is COC(=O)c1cc(NC(=O)OC(C)(C)C)cc(-c2ccc(C3CCNCC3)cc2)c1. The van der Waals surface area contributed by atoms with Gasteiger partial charge in [-0.15, -0.1) is 0 Å². The van der Waals surface area contributed by atoms with Crippen molar-refractivity contribution in [2.45, 2.75) is 45.1 Å². The molecule has 0 unspecified atom stereocenters. The number of nitrogens with one attached hydrogen (secondary N) is 2. The number of rotatable bonds is 4. The Morgan fingerprint density at radius 1 is 1.00 bits per heavy atom. The largest absolute Gasteiger partial charge is 0.465 e. The number of carbonyl (C=O) groups is 2. The van der Waals surface area contributed by atoms with E-state index in [-0.39, 0.29) is 0 Å². The molecule has 0 aromatic heterocycles. The van der Waals surface area contributed by atoms with Gasteiger partial charge in [-0.05, 0) is 87.5 Å². The summed E-state index contributed by atoms with van der Waals surface area (Å²) >= 11 is 0. The molecule has 1 fully saturated rings. The molecule has 1 heterocycles. The van der Waals surface area contributed by atoms with Crippen molar-refractivity contribution in [3.63, 3.8) is 0 Å². The second-order valence-corrected chi connectivity index (χ2v) is 8.56. The van der Waals surface area contributed by atoms with E-state index in [0.29, 0.717) is 17.2 Å². The predicted octanol–water partition coefficient (Wildman–Crippen LogP) is 4.95. The van der Waals surface area contributed by atoms with E-state index >= 15 is 0 Å². The molecule has 6 nitrogen and oxygen atoms in total. The molecule has 6 heteroatoms. The van der Waals surface area contributed by atoms with Gasteiger partial charge < -0.3 is 14.8 Å². The lowest BCUT2D eigenvalue weighted by atomic mass is 9.89. The minimum atomic E-state index is -0.614. The van der Waals surface area contributed by atoms with E-state index in [0.717, 1.165) is 37.1 Å². The number of esters is 1. The van der Waals surface area contributed by atoms with E-state index in [2.05, 4.69) is 34.9 Å². The molecule has 30 heavy (non-hydrogen) atoms.